The number of carbonyl (C=O) groups is 2. The van der Waals surface area contributed by atoms with Crippen molar-refractivity contribution in [1.29, 1.82) is 5.26 Å². The van der Waals surface area contributed by atoms with Crippen molar-refractivity contribution in [2.24, 2.45) is 0 Å². The van der Waals surface area contributed by atoms with E-state index in [0.717, 1.165) is 0 Å². The quantitative estimate of drug-likeness (QED) is 0.663. The Bertz CT molecular complexity index is 579. The van der Waals surface area contributed by atoms with Crippen molar-refractivity contribution in [2.75, 3.05) is 6.54 Å². The number of thioether (sulfide) groups is 1. The van der Waals surface area contributed by atoms with Gasteiger partial charge in [-0.15, -0.1) is 0 Å². The van der Waals surface area contributed by atoms with E-state index in [2.05, 4.69) is 10.3 Å². The first-order valence-corrected chi connectivity index (χ1v) is 7.15. The fourth-order valence-electron chi connectivity index (χ4n) is 1.65. The number of aryl methyl sites for hydroxylation is 1. The molecule has 0 saturated heterocycles. The van der Waals surface area contributed by atoms with Gasteiger partial charge in [0, 0.05) is 17.8 Å². The summed E-state index contributed by atoms with van der Waals surface area (Å²) in [5.74, 6) is -0.226. The Balaban J connectivity index is 3.07. The summed E-state index contributed by atoms with van der Waals surface area (Å²) in [4.78, 5) is 27.4. The van der Waals surface area contributed by atoms with E-state index >= 15 is 0 Å². The molecule has 1 aromatic heterocycles. The predicted octanol–water partition coefficient (Wildman–Crippen LogP) is 2.08. The van der Waals surface area contributed by atoms with Crippen LogP contribution >= 0.6 is 11.8 Å². The van der Waals surface area contributed by atoms with E-state index in [0.29, 0.717) is 28.4 Å². The number of nitrogens with one attached hydrogen (secondary N) is 1. The average Bonchev–Trinajstić information content (AvgIpc) is 2.38. The van der Waals surface area contributed by atoms with Gasteiger partial charge in [0.05, 0.1) is 10.8 Å². The first-order chi connectivity index (χ1) is 9.40. The van der Waals surface area contributed by atoms with E-state index < -0.39 is 0 Å². The number of nitrogens with zero attached hydrogens (tertiary/aromatic N) is 2. The number of pyridine rings is 1. The van der Waals surface area contributed by atoms with Gasteiger partial charge < -0.3 is 5.32 Å². The highest BCUT2D eigenvalue weighted by Gasteiger charge is 2.18. The molecule has 1 atom stereocenters. The number of aromatic nitrogens is 1. The Morgan fingerprint density at radius 2 is 2.20 bits per heavy atom. The molecule has 1 rings (SSSR count). The van der Waals surface area contributed by atoms with E-state index in [1.165, 1.54) is 24.8 Å². The van der Waals surface area contributed by atoms with Crippen molar-refractivity contribution in [1.82, 2.24) is 10.3 Å². The number of nitriles is 1. The van der Waals surface area contributed by atoms with Crippen LogP contribution < -0.4 is 5.32 Å². The average molecular weight is 291 g/mol. The van der Waals surface area contributed by atoms with Gasteiger partial charge >= 0.3 is 0 Å². The van der Waals surface area contributed by atoms with Crippen LogP contribution in [0.1, 0.15) is 42.4 Å². The third-order valence-corrected chi connectivity index (χ3v) is 3.79. The second kappa shape index (κ2) is 7.06. The molecule has 0 radical (unpaired) electrons. The van der Waals surface area contributed by atoms with Crippen LogP contribution in [0.4, 0.5) is 0 Å². The Morgan fingerprint density at radius 1 is 1.55 bits per heavy atom. The van der Waals surface area contributed by atoms with Gasteiger partial charge in [0.15, 0.2) is 5.78 Å². The van der Waals surface area contributed by atoms with E-state index in [1.807, 2.05) is 13.0 Å². The summed E-state index contributed by atoms with van der Waals surface area (Å²) in [6, 6.07) is 3.57. The molecule has 5 nitrogen and oxygen atoms in total. The summed E-state index contributed by atoms with van der Waals surface area (Å²) < 4.78 is 0. The second-order valence-electron chi connectivity index (χ2n) is 4.30. The molecule has 20 heavy (non-hydrogen) atoms. The van der Waals surface area contributed by atoms with Crippen LogP contribution in [0.5, 0.6) is 0 Å². The lowest BCUT2D eigenvalue weighted by Crippen LogP contribution is -2.30. The van der Waals surface area contributed by atoms with Crippen molar-refractivity contribution in [3.63, 3.8) is 0 Å². The van der Waals surface area contributed by atoms with Crippen LogP contribution in [0, 0.1) is 18.3 Å². The topological polar surface area (TPSA) is 82.8 Å². The number of hydrogen-bond acceptors (Lipinski definition) is 5. The number of hydrogen-bond donors (Lipinski definition) is 1. The highest BCUT2D eigenvalue weighted by atomic mass is 32.2. The number of amides is 1. The highest BCUT2D eigenvalue weighted by Crippen LogP contribution is 2.26. The Kier molecular flexibility index (Phi) is 5.71. The molecule has 0 aromatic carbocycles. The van der Waals surface area contributed by atoms with Crippen LogP contribution in [-0.2, 0) is 4.79 Å². The molecule has 0 aliphatic heterocycles. The van der Waals surface area contributed by atoms with E-state index in [-0.39, 0.29) is 16.9 Å². The molecule has 0 aliphatic carbocycles. The van der Waals surface area contributed by atoms with Crippen LogP contribution in [0.25, 0.3) is 0 Å². The van der Waals surface area contributed by atoms with E-state index in [9.17, 15) is 9.59 Å². The van der Waals surface area contributed by atoms with Gasteiger partial charge in [0.1, 0.15) is 11.1 Å². The number of rotatable bonds is 5. The van der Waals surface area contributed by atoms with Crippen LogP contribution in [0.3, 0.4) is 0 Å². The zero-order valence-electron chi connectivity index (χ0n) is 12.0. The van der Waals surface area contributed by atoms with Crippen molar-refractivity contribution >= 4 is 23.5 Å². The number of ketones is 1. The molecule has 1 amide bonds. The summed E-state index contributed by atoms with van der Waals surface area (Å²) in [7, 11) is 0. The lowest BCUT2D eigenvalue weighted by Gasteiger charge is -2.12. The lowest BCUT2D eigenvalue weighted by molar-refractivity contribution is -0.120. The molecule has 1 aromatic rings. The summed E-state index contributed by atoms with van der Waals surface area (Å²) in [5, 5.41) is 12.0. The van der Waals surface area contributed by atoms with Gasteiger partial charge in [-0.1, -0.05) is 11.8 Å². The van der Waals surface area contributed by atoms with Gasteiger partial charge in [-0.3, -0.25) is 9.59 Å². The Morgan fingerprint density at radius 3 is 2.70 bits per heavy atom. The normalized spacial score (nSPS) is 11.6. The third kappa shape index (κ3) is 3.81. The zero-order chi connectivity index (χ0) is 15.3. The molecule has 0 saturated carbocycles. The van der Waals surface area contributed by atoms with Crippen LogP contribution in [-0.4, -0.2) is 28.5 Å². The maximum Gasteiger partial charge on any atom is 0.233 e. The van der Waals surface area contributed by atoms with Gasteiger partial charge in [0.2, 0.25) is 5.91 Å². The molecule has 0 spiro atoms. The molecule has 106 valence electrons. The zero-order valence-corrected chi connectivity index (χ0v) is 12.8. The van der Waals surface area contributed by atoms with Gasteiger partial charge in [-0.05, 0) is 33.8 Å². The lowest BCUT2D eigenvalue weighted by atomic mass is 10.1. The molecule has 6 heteroatoms. The molecule has 1 N–H and O–H groups in total. The monoisotopic (exact) mass is 291 g/mol. The molecule has 1 unspecified atom stereocenters. The van der Waals surface area contributed by atoms with E-state index in [4.69, 9.17) is 5.26 Å². The minimum absolute atomic E-state index is 0.100. The van der Waals surface area contributed by atoms with Crippen LogP contribution in [0.15, 0.2) is 11.1 Å². The van der Waals surface area contributed by atoms with Gasteiger partial charge in [-0.25, -0.2) is 4.98 Å². The maximum absolute atomic E-state index is 11.7. The van der Waals surface area contributed by atoms with E-state index in [1.54, 1.807) is 13.8 Å². The highest BCUT2D eigenvalue weighted by molar-refractivity contribution is 8.00. The Hall–Kier alpha value is -1.87. The largest absolute Gasteiger partial charge is 0.355 e. The number of carbonyl (C=O) groups excluding carboxylic acids is 2. The summed E-state index contributed by atoms with van der Waals surface area (Å²) in [6.07, 6.45) is 0. The molecule has 0 fully saturated rings. The van der Waals surface area contributed by atoms with Crippen molar-refractivity contribution in [3.8, 4) is 6.07 Å². The molecule has 0 bridgehead atoms. The molecule has 0 aliphatic rings. The number of Topliss-reactive ketones (excluding diaryl/α,β-unsaturated/α-hetero) is 1. The first kappa shape index (κ1) is 16.2. The summed E-state index contributed by atoms with van der Waals surface area (Å²) in [6.45, 7) is 7.32. The predicted molar refractivity (Wildman–Crippen MR) is 77.7 cm³/mol. The fourth-order valence-corrected chi connectivity index (χ4v) is 2.59. The van der Waals surface area contributed by atoms with Crippen molar-refractivity contribution in [2.45, 2.75) is 38.0 Å². The smallest absolute Gasteiger partial charge is 0.233 e. The first-order valence-electron chi connectivity index (χ1n) is 6.27. The molecular formula is C14H17N3O2S. The fraction of sp³-hybridized carbons (Fsp3) is 0.429. The van der Waals surface area contributed by atoms with Crippen molar-refractivity contribution < 1.29 is 9.59 Å². The SMILES string of the molecule is CCNC(=O)C(C)Sc1nc(C)c(C(C)=O)cc1C#N. The summed E-state index contributed by atoms with van der Waals surface area (Å²) >= 11 is 1.22. The minimum Gasteiger partial charge on any atom is -0.355 e. The van der Waals surface area contributed by atoms with Gasteiger partial charge in [0.25, 0.3) is 0 Å². The minimum atomic E-state index is -0.350. The van der Waals surface area contributed by atoms with Crippen LogP contribution in [0.2, 0.25) is 0 Å². The second-order valence-corrected chi connectivity index (χ2v) is 5.63. The molecule has 1 heterocycles. The standard InChI is InChI=1S/C14H17N3O2S/c1-5-16-13(19)10(4)20-14-11(7-15)6-12(9(3)18)8(2)17-14/h6,10H,5H2,1-4H3,(H,16,19). The molecular weight excluding hydrogens is 274 g/mol. The van der Waals surface area contributed by atoms with Crippen molar-refractivity contribution in [3.05, 3.63) is 22.9 Å². The summed E-state index contributed by atoms with van der Waals surface area (Å²) in [5.41, 5.74) is 1.33. The third-order valence-electron chi connectivity index (χ3n) is 2.69. The maximum atomic E-state index is 11.7. The van der Waals surface area contributed by atoms with Gasteiger partial charge in [-0.2, -0.15) is 5.26 Å². The Labute approximate surface area is 122 Å².